The normalized spacial score (nSPS) is 18.2. The average Bonchev–Trinajstić information content (AvgIpc) is 2.06. The maximum absolute atomic E-state index is 12.7. The van der Waals surface area contributed by atoms with Gasteiger partial charge in [0.25, 0.3) is 0 Å². The lowest BCUT2D eigenvalue weighted by molar-refractivity contribution is 0.142. The van der Waals surface area contributed by atoms with E-state index in [1.807, 2.05) is 0 Å². The summed E-state index contributed by atoms with van der Waals surface area (Å²) >= 11 is 5.89. The van der Waals surface area contributed by atoms with Crippen molar-refractivity contribution >= 4 is 11.6 Å². The molecule has 2 rings (SSSR count). The van der Waals surface area contributed by atoms with E-state index in [1.54, 1.807) is 6.07 Å². The molecule has 2 nitrogen and oxygen atoms in total. The van der Waals surface area contributed by atoms with Crippen molar-refractivity contribution < 1.29 is 4.39 Å². The largest absolute Gasteiger partial charge is 0.325 e. The predicted octanol–water partition coefficient (Wildman–Crippen LogP) is 1.62. The maximum atomic E-state index is 12.7. The minimum atomic E-state index is -0.293. The van der Waals surface area contributed by atoms with Crippen LogP contribution >= 0.6 is 11.6 Å². The highest BCUT2D eigenvalue weighted by Gasteiger charge is 2.23. The van der Waals surface area contributed by atoms with Crippen LogP contribution in [-0.2, 0) is 6.54 Å². The third-order valence-corrected chi connectivity index (χ3v) is 2.75. The zero-order chi connectivity index (χ0) is 10.1. The number of nitrogens with zero attached hydrogens (tertiary/aromatic N) is 1. The second-order valence-electron chi connectivity index (χ2n) is 3.69. The van der Waals surface area contributed by atoms with Crippen molar-refractivity contribution in [1.29, 1.82) is 0 Å². The zero-order valence-electron chi connectivity index (χ0n) is 7.71. The van der Waals surface area contributed by atoms with Gasteiger partial charge in [-0.2, -0.15) is 0 Å². The fourth-order valence-electron chi connectivity index (χ4n) is 1.63. The molecule has 1 aromatic rings. The van der Waals surface area contributed by atoms with Gasteiger partial charge in [0.1, 0.15) is 5.82 Å². The van der Waals surface area contributed by atoms with Gasteiger partial charge in [0.05, 0.1) is 0 Å². The Morgan fingerprint density at radius 3 is 2.79 bits per heavy atom. The quantitative estimate of drug-likeness (QED) is 0.811. The fraction of sp³-hybridized carbons (Fsp3) is 0.400. The van der Waals surface area contributed by atoms with Crippen molar-refractivity contribution in [1.82, 2.24) is 4.90 Å². The molecule has 76 valence electrons. The van der Waals surface area contributed by atoms with Gasteiger partial charge in [-0.3, -0.25) is 4.90 Å². The molecular formula is C10H12ClFN2. The SMILES string of the molecule is NC1CN(Cc2ccc(F)cc2Cl)C1. The molecule has 1 saturated heterocycles. The van der Waals surface area contributed by atoms with Crippen LogP contribution in [0.1, 0.15) is 5.56 Å². The van der Waals surface area contributed by atoms with Crippen LogP contribution in [0.15, 0.2) is 18.2 Å². The third-order valence-electron chi connectivity index (χ3n) is 2.39. The highest BCUT2D eigenvalue weighted by molar-refractivity contribution is 6.31. The van der Waals surface area contributed by atoms with E-state index < -0.39 is 0 Å². The molecule has 1 aromatic carbocycles. The molecular weight excluding hydrogens is 203 g/mol. The minimum Gasteiger partial charge on any atom is -0.325 e. The molecule has 0 bridgehead atoms. The molecule has 0 spiro atoms. The molecule has 1 aliphatic rings. The summed E-state index contributed by atoms with van der Waals surface area (Å²) in [5.41, 5.74) is 6.61. The van der Waals surface area contributed by atoms with Gasteiger partial charge in [-0.1, -0.05) is 17.7 Å². The van der Waals surface area contributed by atoms with Crippen molar-refractivity contribution in [2.45, 2.75) is 12.6 Å². The number of hydrogen-bond donors (Lipinski definition) is 1. The summed E-state index contributed by atoms with van der Waals surface area (Å²) in [5.74, 6) is -0.293. The van der Waals surface area contributed by atoms with Gasteiger partial charge < -0.3 is 5.73 Å². The van der Waals surface area contributed by atoms with Crippen molar-refractivity contribution in [2.24, 2.45) is 5.73 Å². The average molecular weight is 215 g/mol. The van der Waals surface area contributed by atoms with E-state index in [9.17, 15) is 4.39 Å². The van der Waals surface area contributed by atoms with Crippen LogP contribution in [0.25, 0.3) is 0 Å². The standard InChI is InChI=1S/C10H12ClFN2/c11-10-3-8(12)2-1-7(10)4-14-5-9(13)6-14/h1-3,9H,4-6,13H2. The first-order valence-corrected chi connectivity index (χ1v) is 4.95. The third kappa shape index (κ3) is 2.05. The summed E-state index contributed by atoms with van der Waals surface area (Å²) in [6, 6.07) is 4.79. The van der Waals surface area contributed by atoms with Crippen LogP contribution in [0.3, 0.4) is 0 Å². The van der Waals surface area contributed by atoms with Crippen molar-refractivity contribution in [2.75, 3.05) is 13.1 Å². The Labute approximate surface area is 87.5 Å². The van der Waals surface area contributed by atoms with Crippen LogP contribution in [0.4, 0.5) is 4.39 Å². The van der Waals surface area contributed by atoms with Crippen LogP contribution < -0.4 is 5.73 Å². The summed E-state index contributed by atoms with van der Waals surface area (Å²) in [6.45, 7) is 2.55. The van der Waals surface area contributed by atoms with Gasteiger partial charge in [-0.25, -0.2) is 4.39 Å². The van der Waals surface area contributed by atoms with E-state index >= 15 is 0 Å². The molecule has 0 atom stereocenters. The first-order valence-electron chi connectivity index (χ1n) is 4.57. The first kappa shape index (κ1) is 9.90. The molecule has 0 aliphatic carbocycles. The molecule has 0 saturated carbocycles. The number of rotatable bonds is 2. The van der Waals surface area contributed by atoms with E-state index in [0.717, 1.165) is 25.2 Å². The lowest BCUT2D eigenvalue weighted by Crippen LogP contribution is -2.54. The summed E-state index contributed by atoms with van der Waals surface area (Å²) in [5, 5.41) is 0.491. The van der Waals surface area contributed by atoms with E-state index in [-0.39, 0.29) is 11.9 Å². The summed E-state index contributed by atoms with van der Waals surface area (Å²) in [7, 11) is 0. The van der Waals surface area contributed by atoms with Crippen LogP contribution in [0.2, 0.25) is 5.02 Å². The Kier molecular flexibility index (Phi) is 2.72. The Bertz CT molecular complexity index is 337. The Morgan fingerprint density at radius 1 is 1.50 bits per heavy atom. The molecule has 2 N–H and O–H groups in total. The van der Waals surface area contributed by atoms with Crippen LogP contribution in [0.5, 0.6) is 0 Å². The molecule has 0 aromatic heterocycles. The van der Waals surface area contributed by atoms with Crippen molar-refractivity contribution in [3.63, 3.8) is 0 Å². The molecule has 1 heterocycles. The second kappa shape index (κ2) is 3.85. The monoisotopic (exact) mass is 214 g/mol. The van der Waals surface area contributed by atoms with Crippen molar-refractivity contribution in [3.05, 3.63) is 34.6 Å². The van der Waals surface area contributed by atoms with Gasteiger partial charge in [0.2, 0.25) is 0 Å². The summed E-state index contributed by atoms with van der Waals surface area (Å²) < 4.78 is 12.7. The van der Waals surface area contributed by atoms with Gasteiger partial charge in [-0.15, -0.1) is 0 Å². The maximum Gasteiger partial charge on any atom is 0.124 e. The number of nitrogens with two attached hydrogens (primary N) is 1. The second-order valence-corrected chi connectivity index (χ2v) is 4.10. The van der Waals surface area contributed by atoms with E-state index in [2.05, 4.69) is 4.90 Å². The topological polar surface area (TPSA) is 29.3 Å². The van der Waals surface area contributed by atoms with Crippen LogP contribution in [0, 0.1) is 5.82 Å². The molecule has 0 unspecified atom stereocenters. The number of hydrogen-bond acceptors (Lipinski definition) is 2. The Morgan fingerprint density at radius 2 is 2.21 bits per heavy atom. The summed E-state index contributed by atoms with van der Waals surface area (Å²) in [4.78, 5) is 2.18. The molecule has 4 heteroatoms. The van der Waals surface area contributed by atoms with Crippen LogP contribution in [-0.4, -0.2) is 24.0 Å². The first-order chi connectivity index (χ1) is 6.65. The van der Waals surface area contributed by atoms with E-state index in [4.69, 9.17) is 17.3 Å². The van der Waals surface area contributed by atoms with Gasteiger partial charge in [0, 0.05) is 30.7 Å². The zero-order valence-corrected chi connectivity index (χ0v) is 8.47. The molecule has 14 heavy (non-hydrogen) atoms. The lowest BCUT2D eigenvalue weighted by Gasteiger charge is -2.36. The Balaban J connectivity index is 2.02. The number of likely N-dealkylation sites (tertiary alicyclic amines) is 1. The summed E-state index contributed by atoms with van der Waals surface area (Å²) in [6.07, 6.45) is 0. The van der Waals surface area contributed by atoms with Gasteiger partial charge in [0.15, 0.2) is 0 Å². The van der Waals surface area contributed by atoms with Gasteiger partial charge in [-0.05, 0) is 17.7 Å². The molecule has 1 fully saturated rings. The Hall–Kier alpha value is -0.640. The number of halogens is 2. The van der Waals surface area contributed by atoms with E-state index in [1.165, 1.54) is 12.1 Å². The molecule has 0 amide bonds. The molecule has 1 aliphatic heterocycles. The van der Waals surface area contributed by atoms with Crippen molar-refractivity contribution in [3.8, 4) is 0 Å². The fourth-order valence-corrected chi connectivity index (χ4v) is 1.86. The minimum absolute atomic E-state index is 0.286. The highest BCUT2D eigenvalue weighted by Crippen LogP contribution is 2.20. The smallest absolute Gasteiger partial charge is 0.124 e. The molecule has 0 radical (unpaired) electrons. The van der Waals surface area contributed by atoms with E-state index in [0.29, 0.717) is 5.02 Å². The lowest BCUT2D eigenvalue weighted by atomic mass is 10.1. The number of benzene rings is 1. The highest BCUT2D eigenvalue weighted by atomic mass is 35.5. The predicted molar refractivity (Wildman–Crippen MR) is 54.7 cm³/mol. The van der Waals surface area contributed by atoms with Gasteiger partial charge >= 0.3 is 0 Å².